The molecule has 2 rings (SSSR count). The van der Waals surface area contributed by atoms with E-state index < -0.39 is 17.6 Å². The fraction of sp³-hybridized carbons (Fsp3) is 0.556. The van der Waals surface area contributed by atoms with Gasteiger partial charge in [0.25, 0.3) is 0 Å². The molecule has 126 valence electrons. The average molecular weight is 319 g/mol. The topological polar surface area (TPSA) is 66.8 Å². The number of aliphatic carboxylic acids is 1. The second-order valence-corrected chi connectivity index (χ2v) is 6.63. The van der Waals surface area contributed by atoms with E-state index in [1.54, 1.807) is 6.92 Å². The number of nitrogens with zero attached hydrogens (tertiary/aromatic N) is 1. The van der Waals surface area contributed by atoms with Crippen LogP contribution in [0.15, 0.2) is 30.3 Å². The van der Waals surface area contributed by atoms with Crippen LogP contribution in [-0.2, 0) is 16.1 Å². The summed E-state index contributed by atoms with van der Waals surface area (Å²) in [6.07, 6.45) is 1.73. The van der Waals surface area contributed by atoms with Crippen LogP contribution in [0.5, 0.6) is 0 Å². The van der Waals surface area contributed by atoms with Gasteiger partial charge in [-0.1, -0.05) is 44.2 Å². The first-order chi connectivity index (χ1) is 10.8. The Kier molecular flexibility index (Phi) is 4.97. The summed E-state index contributed by atoms with van der Waals surface area (Å²) in [4.78, 5) is 25.9. The molecule has 23 heavy (non-hydrogen) atoms. The van der Waals surface area contributed by atoms with E-state index in [0.717, 1.165) is 18.4 Å². The van der Waals surface area contributed by atoms with Gasteiger partial charge in [0.05, 0.1) is 0 Å². The summed E-state index contributed by atoms with van der Waals surface area (Å²) in [6.45, 7) is 6.00. The lowest BCUT2D eigenvalue weighted by Crippen LogP contribution is -2.60. The third-order valence-corrected chi connectivity index (χ3v) is 5.00. The van der Waals surface area contributed by atoms with Crippen molar-refractivity contribution in [1.29, 1.82) is 0 Å². The highest BCUT2D eigenvalue weighted by Gasteiger charge is 2.62. The molecule has 0 radical (unpaired) electrons. The number of ether oxygens (including phenoxy) is 1. The average Bonchev–Trinajstić information content (AvgIpc) is 3.29. The molecule has 0 aromatic heterocycles. The van der Waals surface area contributed by atoms with Crippen LogP contribution in [0, 0.1) is 5.41 Å². The van der Waals surface area contributed by atoms with Gasteiger partial charge in [0.2, 0.25) is 0 Å². The third kappa shape index (κ3) is 3.33. The molecule has 1 saturated carbocycles. The van der Waals surface area contributed by atoms with Gasteiger partial charge in [0, 0.05) is 12.0 Å². The van der Waals surface area contributed by atoms with Crippen molar-refractivity contribution in [3.05, 3.63) is 35.9 Å². The Morgan fingerprint density at radius 3 is 2.39 bits per heavy atom. The van der Waals surface area contributed by atoms with E-state index in [-0.39, 0.29) is 12.0 Å². The highest BCUT2D eigenvalue weighted by atomic mass is 16.6. The van der Waals surface area contributed by atoms with Gasteiger partial charge in [0.15, 0.2) is 0 Å². The number of carboxylic acid groups (broad SMARTS) is 1. The number of hydrogen-bond acceptors (Lipinski definition) is 3. The Bertz CT molecular complexity index is 568. The highest BCUT2D eigenvalue weighted by molar-refractivity contribution is 5.85. The first-order valence-corrected chi connectivity index (χ1v) is 8.07. The van der Waals surface area contributed by atoms with E-state index >= 15 is 0 Å². The van der Waals surface area contributed by atoms with Crippen molar-refractivity contribution in [1.82, 2.24) is 4.90 Å². The van der Waals surface area contributed by atoms with Crippen LogP contribution in [0.25, 0.3) is 0 Å². The monoisotopic (exact) mass is 319 g/mol. The molecule has 1 aliphatic rings. The Hall–Kier alpha value is -2.04. The van der Waals surface area contributed by atoms with Crippen LogP contribution in [0.4, 0.5) is 4.79 Å². The molecule has 1 atom stereocenters. The van der Waals surface area contributed by atoms with Crippen molar-refractivity contribution in [2.75, 3.05) is 6.54 Å². The summed E-state index contributed by atoms with van der Waals surface area (Å²) < 4.78 is 5.39. The molecular formula is C18H25NO4. The van der Waals surface area contributed by atoms with Crippen molar-refractivity contribution < 1.29 is 19.4 Å². The molecule has 1 unspecified atom stereocenters. The number of hydrogen-bond donors (Lipinski definition) is 1. The van der Waals surface area contributed by atoms with Gasteiger partial charge in [-0.25, -0.2) is 9.59 Å². The lowest BCUT2D eigenvalue weighted by Gasteiger charge is -2.41. The zero-order valence-corrected chi connectivity index (χ0v) is 14.0. The minimum Gasteiger partial charge on any atom is -0.479 e. The van der Waals surface area contributed by atoms with Crippen LogP contribution in [0.3, 0.4) is 0 Å². The maximum atomic E-state index is 12.6. The summed E-state index contributed by atoms with van der Waals surface area (Å²) >= 11 is 0. The molecule has 0 aliphatic heterocycles. The fourth-order valence-electron chi connectivity index (χ4n) is 2.89. The van der Waals surface area contributed by atoms with Gasteiger partial charge >= 0.3 is 12.1 Å². The van der Waals surface area contributed by atoms with E-state index in [1.165, 1.54) is 4.90 Å². The highest BCUT2D eigenvalue weighted by Crippen LogP contribution is 2.56. The molecule has 1 amide bonds. The molecule has 1 aromatic carbocycles. The van der Waals surface area contributed by atoms with Gasteiger partial charge in [-0.05, 0) is 31.7 Å². The normalized spacial score (nSPS) is 17.9. The maximum Gasteiger partial charge on any atom is 0.411 e. The molecule has 0 spiro atoms. The molecule has 1 aromatic rings. The molecule has 0 bridgehead atoms. The smallest absolute Gasteiger partial charge is 0.411 e. The van der Waals surface area contributed by atoms with E-state index in [4.69, 9.17) is 4.74 Å². The van der Waals surface area contributed by atoms with Crippen molar-refractivity contribution in [2.24, 2.45) is 5.41 Å². The molecule has 5 nitrogen and oxygen atoms in total. The zero-order valence-electron chi connectivity index (χ0n) is 14.0. The number of carboxylic acids is 1. The molecule has 1 N–H and O–H groups in total. The Morgan fingerprint density at radius 1 is 1.30 bits per heavy atom. The van der Waals surface area contributed by atoms with Crippen LogP contribution >= 0.6 is 0 Å². The van der Waals surface area contributed by atoms with Crippen molar-refractivity contribution in [2.45, 2.75) is 52.2 Å². The standard InChI is InChI=1S/C18H25NO4/c1-4-12-19(18(3,15(20)21)17(2)10-11-17)16(22)23-13-14-8-6-5-7-9-14/h5-9H,4,10-13H2,1-3H3,(H,20,21). The third-order valence-electron chi connectivity index (χ3n) is 5.00. The minimum atomic E-state index is -1.24. The van der Waals surface area contributed by atoms with Crippen LogP contribution in [-0.4, -0.2) is 34.2 Å². The largest absolute Gasteiger partial charge is 0.479 e. The zero-order chi connectivity index (χ0) is 17.1. The molecule has 0 saturated heterocycles. The van der Waals surface area contributed by atoms with Gasteiger partial charge in [-0.3, -0.25) is 4.90 Å². The van der Waals surface area contributed by atoms with E-state index in [0.29, 0.717) is 13.0 Å². The molecule has 1 aliphatic carbocycles. The maximum absolute atomic E-state index is 12.6. The summed E-state index contributed by atoms with van der Waals surface area (Å²) in [5.41, 5.74) is -0.747. The second kappa shape index (κ2) is 6.60. The van der Waals surface area contributed by atoms with Crippen LogP contribution in [0.2, 0.25) is 0 Å². The minimum absolute atomic E-state index is 0.145. The number of rotatable bonds is 7. The Labute approximate surface area is 137 Å². The van der Waals surface area contributed by atoms with Gasteiger partial charge in [-0.15, -0.1) is 0 Å². The Morgan fingerprint density at radius 2 is 1.91 bits per heavy atom. The van der Waals surface area contributed by atoms with E-state index in [9.17, 15) is 14.7 Å². The molecule has 5 heteroatoms. The van der Waals surface area contributed by atoms with Gasteiger partial charge < -0.3 is 9.84 Å². The predicted molar refractivity (Wildman–Crippen MR) is 87.0 cm³/mol. The number of carbonyl (C=O) groups excluding carboxylic acids is 1. The number of carbonyl (C=O) groups is 2. The fourth-order valence-corrected chi connectivity index (χ4v) is 2.89. The lowest BCUT2D eigenvalue weighted by molar-refractivity contribution is -0.154. The SMILES string of the molecule is CCCN(C(=O)OCc1ccccc1)C(C)(C(=O)O)C1(C)CC1. The summed E-state index contributed by atoms with van der Waals surface area (Å²) in [7, 11) is 0. The van der Waals surface area contributed by atoms with E-state index in [2.05, 4.69) is 0 Å². The van der Waals surface area contributed by atoms with Crippen LogP contribution in [0.1, 0.15) is 45.6 Å². The Balaban J connectivity index is 2.16. The summed E-state index contributed by atoms with van der Waals surface area (Å²) in [6, 6.07) is 9.38. The molecular weight excluding hydrogens is 294 g/mol. The second-order valence-electron chi connectivity index (χ2n) is 6.63. The molecule has 0 heterocycles. The summed E-state index contributed by atoms with van der Waals surface area (Å²) in [5.74, 6) is -0.970. The number of amides is 1. The van der Waals surface area contributed by atoms with E-state index in [1.807, 2.05) is 44.2 Å². The first kappa shape index (κ1) is 17.3. The van der Waals surface area contributed by atoms with Crippen molar-refractivity contribution in [3.8, 4) is 0 Å². The van der Waals surface area contributed by atoms with Gasteiger partial charge in [-0.2, -0.15) is 0 Å². The number of benzene rings is 1. The first-order valence-electron chi connectivity index (χ1n) is 8.07. The summed E-state index contributed by atoms with van der Waals surface area (Å²) in [5, 5.41) is 9.79. The predicted octanol–water partition coefficient (Wildman–Crippen LogP) is 3.68. The lowest BCUT2D eigenvalue weighted by atomic mass is 9.82. The van der Waals surface area contributed by atoms with Crippen molar-refractivity contribution >= 4 is 12.1 Å². The van der Waals surface area contributed by atoms with Crippen LogP contribution < -0.4 is 0 Å². The quantitative estimate of drug-likeness (QED) is 0.832. The molecule has 1 fully saturated rings. The van der Waals surface area contributed by atoms with Crippen molar-refractivity contribution in [3.63, 3.8) is 0 Å². The van der Waals surface area contributed by atoms with Gasteiger partial charge in [0.1, 0.15) is 12.1 Å².